The molecule has 0 unspecified atom stereocenters. The number of cyclic esters (lactones) is 1. The van der Waals surface area contributed by atoms with E-state index in [2.05, 4.69) is 6.92 Å². The van der Waals surface area contributed by atoms with Crippen molar-refractivity contribution in [3.05, 3.63) is 11.6 Å². The van der Waals surface area contributed by atoms with E-state index in [0.717, 1.165) is 102 Å². The number of esters is 1. The molecule has 5 rings (SSSR count). The first-order valence-corrected chi connectivity index (χ1v) is 25.7. The van der Waals surface area contributed by atoms with Crippen molar-refractivity contribution in [2.75, 3.05) is 13.2 Å². The maximum absolute atomic E-state index is 11.8. The molecule has 5 aliphatic heterocycles. The molecule has 17 nitrogen and oxygen atoms in total. The van der Waals surface area contributed by atoms with E-state index in [1.807, 2.05) is 13.0 Å². The number of carbonyl (C=O) groups is 1. The molecule has 4 saturated heterocycles. The number of unbranched alkanes of at least 4 members (excludes halogenated alkanes) is 12. The molecule has 0 aromatic heterocycles. The number of aliphatic hydroxyl groups is 9. The topological polar surface area (TPSA) is 264 Å². The van der Waals surface area contributed by atoms with Gasteiger partial charge in [-0.15, -0.1) is 0 Å². The summed E-state index contributed by atoms with van der Waals surface area (Å²) in [6, 6.07) is 0. The smallest absolute Gasteiger partial charge is 0.334 e. The SMILES string of the molecule is CCCCCC[C@H](O)CCC[C@H](O[C@@H]1O[C@H](CO)[C@@H](O)[C@H](O)[C@H]1O)[C@H]1CC[C@H]([C@H]2CC[C@H]([C@@H](CCCCCCCCCCCCC3=C[C@H](C)OC3=O)O[C@@H]3O[C@H](CO)[C@@H](O)[C@H](O)[C@H]3O)O2)O1. The first kappa shape index (κ1) is 55.5. The Morgan fingerprint density at radius 1 is 0.561 bits per heavy atom. The molecule has 5 aliphatic rings. The summed E-state index contributed by atoms with van der Waals surface area (Å²) in [4.78, 5) is 11.8. The van der Waals surface area contributed by atoms with Gasteiger partial charge in [0.2, 0.25) is 0 Å². The Balaban J connectivity index is 1.12. The summed E-state index contributed by atoms with van der Waals surface area (Å²) in [7, 11) is 0. The zero-order chi connectivity index (χ0) is 47.6. The fourth-order valence-corrected chi connectivity index (χ4v) is 10.3. The van der Waals surface area contributed by atoms with Crippen molar-refractivity contribution in [1.82, 2.24) is 0 Å². The van der Waals surface area contributed by atoms with Crippen molar-refractivity contribution >= 4 is 5.97 Å². The molecule has 5 heterocycles. The van der Waals surface area contributed by atoms with E-state index >= 15 is 0 Å². The standard InChI is InChI=1S/C49H86O17/c1-3-4-5-15-19-32(52)20-17-22-34(64-49-46(58)44(56)42(54)40(29-51)66-49)36-24-26-38(62-36)37-25-23-35(61-37)33(63-48-45(57)43(55)41(53)39(28-50)65-48)21-16-13-11-9-7-6-8-10-12-14-18-31-27-30(2)60-47(31)59/h27,30,32-46,48-58H,3-26,28-29H2,1-2H3/t30-,32-,33+,34-,35+,36+,37+,38+,39+,40+,41+,42+,43-,44-,45+,46+,48+,49+/m0/s1. The normalized spacial score (nSPS) is 36.4. The van der Waals surface area contributed by atoms with Crippen LogP contribution in [-0.4, -0.2) is 175 Å². The Hall–Kier alpha value is -1.39. The maximum Gasteiger partial charge on any atom is 0.334 e. The van der Waals surface area contributed by atoms with E-state index < -0.39 is 99.0 Å². The van der Waals surface area contributed by atoms with Gasteiger partial charge in [-0.3, -0.25) is 0 Å². The quantitative estimate of drug-likeness (QED) is 0.0356. The van der Waals surface area contributed by atoms with Crippen LogP contribution in [0.2, 0.25) is 0 Å². The highest BCUT2D eigenvalue weighted by molar-refractivity contribution is 5.90. The molecule has 0 aliphatic carbocycles. The van der Waals surface area contributed by atoms with Crippen molar-refractivity contribution in [3.63, 3.8) is 0 Å². The molecular weight excluding hydrogens is 861 g/mol. The molecule has 0 radical (unpaired) electrons. The second-order valence-corrected chi connectivity index (χ2v) is 19.6. The second kappa shape index (κ2) is 29.1. The van der Waals surface area contributed by atoms with Crippen LogP contribution >= 0.6 is 0 Å². The number of hydrogen-bond acceptors (Lipinski definition) is 17. The van der Waals surface area contributed by atoms with Gasteiger partial charge in [0, 0.05) is 5.57 Å². The van der Waals surface area contributed by atoms with Gasteiger partial charge in [0.05, 0.1) is 55.9 Å². The van der Waals surface area contributed by atoms with Gasteiger partial charge in [-0.25, -0.2) is 4.79 Å². The molecule has 384 valence electrons. The molecule has 9 N–H and O–H groups in total. The van der Waals surface area contributed by atoms with Crippen LogP contribution in [-0.2, 0) is 38.0 Å². The fourth-order valence-electron chi connectivity index (χ4n) is 10.3. The molecule has 0 amide bonds. The predicted octanol–water partition coefficient (Wildman–Crippen LogP) is 3.51. The Labute approximate surface area is 392 Å². The summed E-state index contributed by atoms with van der Waals surface area (Å²) in [5, 5.41) is 93.8. The van der Waals surface area contributed by atoms with Gasteiger partial charge in [0.15, 0.2) is 12.6 Å². The third-order valence-corrected chi connectivity index (χ3v) is 14.3. The Kier molecular flexibility index (Phi) is 24.5. The van der Waals surface area contributed by atoms with E-state index in [1.165, 1.54) is 0 Å². The van der Waals surface area contributed by atoms with E-state index in [0.29, 0.717) is 57.8 Å². The predicted molar refractivity (Wildman–Crippen MR) is 241 cm³/mol. The van der Waals surface area contributed by atoms with Gasteiger partial charge in [0.25, 0.3) is 0 Å². The minimum absolute atomic E-state index is 0.114. The van der Waals surface area contributed by atoms with Crippen molar-refractivity contribution in [1.29, 1.82) is 0 Å². The van der Waals surface area contributed by atoms with Gasteiger partial charge < -0.3 is 79.1 Å². The van der Waals surface area contributed by atoms with Crippen LogP contribution in [0.3, 0.4) is 0 Å². The zero-order valence-corrected chi connectivity index (χ0v) is 39.6. The minimum atomic E-state index is -1.59. The summed E-state index contributed by atoms with van der Waals surface area (Å²) in [6.07, 6.45) is 5.95. The van der Waals surface area contributed by atoms with E-state index in [1.54, 1.807) is 0 Å². The molecule has 0 spiro atoms. The largest absolute Gasteiger partial charge is 0.455 e. The van der Waals surface area contributed by atoms with Crippen LogP contribution < -0.4 is 0 Å². The maximum atomic E-state index is 11.8. The number of hydrogen-bond donors (Lipinski definition) is 9. The van der Waals surface area contributed by atoms with Crippen molar-refractivity contribution in [2.45, 2.75) is 278 Å². The molecule has 66 heavy (non-hydrogen) atoms. The average Bonchev–Trinajstić information content (AvgIpc) is 4.08. The van der Waals surface area contributed by atoms with E-state index in [-0.39, 0.29) is 30.4 Å². The molecule has 0 aromatic rings. The van der Waals surface area contributed by atoms with Crippen LogP contribution in [0.25, 0.3) is 0 Å². The first-order valence-electron chi connectivity index (χ1n) is 25.7. The van der Waals surface area contributed by atoms with Crippen molar-refractivity contribution in [2.24, 2.45) is 0 Å². The third kappa shape index (κ3) is 16.6. The Bertz CT molecular complexity index is 1390. The lowest BCUT2D eigenvalue weighted by atomic mass is 9.97. The summed E-state index contributed by atoms with van der Waals surface area (Å²) in [5.41, 5.74) is 0.806. The molecule has 18 atom stereocenters. The van der Waals surface area contributed by atoms with Crippen LogP contribution in [0.15, 0.2) is 11.6 Å². The minimum Gasteiger partial charge on any atom is -0.455 e. The Morgan fingerprint density at radius 3 is 1.47 bits per heavy atom. The van der Waals surface area contributed by atoms with Crippen LogP contribution in [0.5, 0.6) is 0 Å². The number of ether oxygens (including phenoxy) is 7. The summed E-state index contributed by atoms with van der Waals surface area (Å²) in [5.74, 6) is -0.175. The van der Waals surface area contributed by atoms with Crippen LogP contribution in [0.4, 0.5) is 0 Å². The monoisotopic (exact) mass is 947 g/mol. The summed E-state index contributed by atoms with van der Waals surface area (Å²) in [6.45, 7) is 2.89. The highest BCUT2D eigenvalue weighted by atomic mass is 16.7. The fraction of sp³-hybridized carbons (Fsp3) is 0.939. The van der Waals surface area contributed by atoms with Gasteiger partial charge in [-0.1, -0.05) is 90.4 Å². The third-order valence-electron chi connectivity index (χ3n) is 14.3. The lowest BCUT2D eigenvalue weighted by Crippen LogP contribution is -2.60. The van der Waals surface area contributed by atoms with Crippen LogP contribution in [0.1, 0.15) is 168 Å². The molecule has 17 heteroatoms. The van der Waals surface area contributed by atoms with Crippen LogP contribution in [0, 0.1) is 0 Å². The van der Waals surface area contributed by atoms with Crippen molar-refractivity contribution in [3.8, 4) is 0 Å². The second-order valence-electron chi connectivity index (χ2n) is 19.6. The van der Waals surface area contributed by atoms with Gasteiger partial charge in [0.1, 0.15) is 54.9 Å². The van der Waals surface area contributed by atoms with E-state index in [4.69, 9.17) is 33.2 Å². The van der Waals surface area contributed by atoms with Gasteiger partial charge >= 0.3 is 5.97 Å². The average molecular weight is 947 g/mol. The lowest BCUT2D eigenvalue weighted by Gasteiger charge is -2.41. The molecule has 0 aromatic carbocycles. The number of rotatable bonds is 31. The molecular formula is C49H86O17. The lowest BCUT2D eigenvalue weighted by molar-refractivity contribution is -0.320. The molecule has 0 saturated carbocycles. The van der Waals surface area contributed by atoms with Gasteiger partial charge in [-0.2, -0.15) is 0 Å². The first-order chi connectivity index (χ1) is 31.8. The zero-order valence-electron chi connectivity index (χ0n) is 39.6. The highest BCUT2D eigenvalue weighted by Gasteiger charge is 2.49. The summed E-state index contributed by atoms with van der Waals surface area (Å²) < 4.78 is 42.7. The molecule has 0 bridgehead atoms. The van der Waals surface area contributed by atoms with Crippen molar-refractivity contribution < 1.29 is 83.9 Å². The molecule has 4 fully saturated rings. The number of aliphatic hydroxyl groups excluding tert-OH is 9. The number of carbonyl (C=O) groups excluding carboxylic acids is 1. The van der Waals surface area contributed by atoms with Gasteiger partial charge in [-0.05, 0) is 83.6 Å². The van der Waals surface area contributed by atoms with E-state index in [9.17, 15) is 50.8 Å². The highest BCUT2D eigenvalue weighted by Crippen LogP contribution is 2.38. The Morgan fingerprint density at radius 2 is 1.00 bits per heavy atom. The summed E-state index contributed by atoms with van der Waals surface area (Å²) >= 11 is 0.